The number of nitrogens with one attached hydrogen (secondary N) is 1. The van der Waals surface area contributed by atoms with Crippen LogP contribution in [0.25, 0.3) is 10.9 Å². The normalized spacial score (nSPS) is 14.8. The number of fused-ring (bicyclic) bond motifs is 1. The molecule has 0 atom stereocenters. The molecular weight excluding hydrogens is 463 g/mol. The number of hydrogen-bond donors (Lipinski definition) is 1. The zero-order chi connectivity index (χ0) is 23.2. The maximum atomic E-state index is 13.7. The highest BCUT2D eigenvalue weighted by Gasteiger charge is 2.21. The van der Waals surface area contributed by atoms with E-state index in [0.29, 0.717) is 41.2 Å². The average molecular weight is 487 g/mol. The number of carbonyl (C=O) groups is 2. The molecule has 0 radical (unpaired) electrons. The highest BCUT2D eigenvalue weighted by Crippen LogP contribution is 2.27. The maximum Gasteiger partial charge on any atom is 0.238 e. The molecule has 172 valence electrons. The SMILES string of the molecule is O=C(CN1CCCN(C(=O)CSc2ccnc3ccc(F)cc23)CC1)Nc1ccccc1Cl. The van der Waals surface area contributed by atoms with E-state index in [-0.39, 0.29) is 29.9 Å². The second-order valence-corrected chi connectivity index (χ2v) is 9.22. The number of pyridine rings is 1. The van der Waals surface area contributed by atoms with Crippen molar-refractivity contribution in [3.63, 3.8) is 0 Å². The summed E-state index contributed by atoms with van der Waals surface area (Å²) in [6.07, 6.45) is 2.46. The Morgan fingerprint density at radius 2 is 1.94 bits per heavy atom. The van der Waals surface area contributed by atoms with Crippen LogP contribution in [-0.2, 0) is 9.59 Å². The minimum absolute atomic E-state index is 0.0312. The molecule has 1 aromatic heterocycles. The van der Waals surface area contributed by atoms with Crippen molar-refractivity contribution in [1.82, 2.24) is 14.8 Å². The van der Waals surface area contributed by atoms with Gasteiger partial charge in [0.05, 0.1) is 28.5 Å². The van der Waals surface area contributed by atoms with Crippen LogP contribution in [0.15, 0.2) is 59.6 Å². The summed E-state index contributed by atoms with van der Waals surface area (Å²) in [5.74, 6) is -0.156. The molecule has 1 N–H and O–H groups in total. The van der Waals surface area contributed by atoms with Gasteiger partial charge in [-0.2, -0.15) is 0 Å². The Labute approximate surface area is 201 Å². The lowest BCUT2D eigenvalue weighted by Gasteiger charge is -2.22. The van der Waals surface area contributed by atoms with Gasteiger partial charge in [-0.05, 0) is 42.8 Å². The van der Waals surface area contributed by atoms with Crippen molar-refractivity contribution in [1.29, 1.82) is 0 Å². The molecule has 0 spiro atoms. The molecule has 0 aliphatic carbocycles. The number of anilines is 1. The molecule has 2 heterocycles. The van der Waals surface area contributed by atoms with E-state index in [0.717, 1.165) is 17.9 Å². The quantitative estimate of drug-likeness (QED) is 0.526. The van der Waals surface area contributed by atoms with E-state index >= 15 is 0 Å². The van der Waals surface area contributed by atoms with Crippen LogP contribution in [0.1, 0.15) is 6.42 Å². The summed E-state index contributed by atoms with van der Waals surface area (Å²) in [7, 11) is 0. The van der Waals surface area contributed by atoms with Crippen molar-refractivity contribution < 1.29 is 14.0 Å². The van der Waals surface area contributed by atoms with E-state index in [1.807, 2.05) is 28.0 Å². The minimum Gasteiger partial charge on any atom is -0.341 e. The number of rotatable bonds is 6. The molecule has 2 amide bonds. The monoisotopic (exact) mass is 486 g/mol. The van der Waals surface area contributed by atoms with Crippen LogP contribution in [-0.4, -0.2) is 65.1 Å². The zero-order valence-corrected chi connectivity index (χ0v) is 19.5. The van der Waals surface area contributed by atoms with E-state index in [1.54, 1.807) is 24.4 Å². The van der Waals surface area contributed by atoms with Gasteiger partial charge < -0.3 is 10.2 Å². The average Bonchev–Trinajstić information content (AvgIpc) is 3.04. The van der Waals surface area contributed by atoms with Crippen LogP contribution in [0.4, 0.5) is 10.1 Å². The number of nitrogens with zero attached hydrogens (tertiary/aromatic N) is 3. The molecule has 6 nitrogen and oxygen atoms in total. The van der Waals surface area contributed by atoms with Gasteiger partial charge in [0.25, 0.3) is 0 Å². The molecule has 0 bridgehead atoms. The fraction of sp³-hybridized carbons (Fsp3) is 0.292. The Hall–Kier alpha value is -2.68. The Balaban J connectivity index is 1.29. The topological polar surface area (TPSA) is 65.5 Å². The van der Waals surface area contributed by atoms with Gasteiger partial charge in [0.15, 0.2) is 0 Å². The molecular formula is C24H24ClFN4O2S. The van der Waals surface area contributed by atoms with Crippen LogP contribution < -0.4 is 5.32 Å². The summed E-state index contributed by atoms with van der Waals surface area (Å²) in [6, 6.07) is 13.4. The van der Waals surface area contributed by atoms with E-state index in [4.69, 9.17) is 11.6 Å². The molecule has 33 heavy (non-hydrogen) atoms. The molecule has 1 aliphatic rings. The molecule has 0 unspecified atom stereocenters. The third-order valence-electron chi connectivity index (χ3n) is 5.47. The summed E-state index contributed by atoms with van der Waals surface area (Å²) in [5, 5.41) is 4.05. The lowest BCUT2D eigenvalue weighted by Crippen LogP contribution is -2.38. The first-order chi connectivity index (χ1) is 16.0. The molecule has 1 saturated heterocycles. The van der Waals surface area contributed by atoms with Gasteiger partial charge in [-0.25, -0.2) is 4.39 Å². The summed E-state index contributed by atoms with van der Waals surface area (Å²) < 4.78 is 13.7. The number of halogens is 2. The molecule has 4 rings (SSSR count). The number of carbonyl (C=O) groups excluding carboxylic acids is 2. The number of benzene rings is 2. The van der Waals surface area contributed by atoms with Gasteiger partial charge in [-0.1, -0.05) is 23.7 Å². The first kappa shape index (κ1) is 23.5. The number of thioether (sulfide) groups is 1. The Kier molecular flexibility index (Phi) is 7.80. The minimum atomic E-state index is -0.324. The van der Waals surface area contributed by atoms with Gasteiger partial charge in [-0.15, -0.1) is 11.8 Å². The summed E-state index contributed by atoms with van der Waals surface area (Å²) >= 11 is 7.50. The van der Waals surface area contributed by atoms with Gasteiger partial charge in [0.1, 0.15) is 5.82 Å². The van der Waals surface area contributed by atoms with Crippen LogP contribution in [0.3, 0.4) is 0 Å². The second kappa shape index (κ2) is 11.0. The number of aromatic nitrogens is 1. The standard InChI is InChI=1S/C24H24ClFN4O2S/c25-19-4-1-2-5-21(19)28-23(31)15-29-10-3-11-30(13-12-29)24(32)16-33-22-8-9-27-20-7-6-17(26)14-18(20)22/h1-2,4-9,14H,3,10-13,15-16H2,(H,28,31). The van der Waals surface area contributed by atoms with E-state index in [2.05, 4.69) is 10.3 Å². The van der Waals surface area contributed by atoms with Crippen molar-refractivity contribution >= 4 is 51.8 Å². The van der Waals surface area contributed by atoms with E-state index < -0.39 is 0 Å². The van der Waals surface area contributed by atoms with Crippen LogP contribution >= 0.6 is 23.4 Å². The number of amides is 2. The predicted molar refractivity (Wildman–Crippen MR) is 130 cm³/mol. The highest BCUT2D eigenvalue weighted by molar-refractivity contribution is 8.00. The number of para-hydroxylation sites is 1. The van der Waals surface area contributed by atoms with E-state index in [9.17, 15) is 14.0 Å². The van der Waals surface area contributed by atoms with Gasteiger partial charge in [0.2, 0.25) is 11.8 Å². The van der Waals surface area contributed by atoms with Gasteiger partial charge in [0, 0.05) is 42.7 Å². The first-order valence-electron chi connectivity index (χ1n) is 10.7. The highest BCUT2D eigenvalue weighted by atomic mass is 35.5. The third kappa shape index (κ3) is 6.22. The third-order valence-corrected chi connectivity index (χ3v) is 6.86. The molecule has 0 saturated carbocycles. The van der Waals surface area contributed by atoms with Crippen molar-refractivity contribution in [2.24, 2.45) is 0 Å². The summed E-state index contributed by atoms with van der Waals surface area (Å²) in [4.78, 5) is 34.2. The van der Waals surface area contributed by atoms with Crippen molar-refractivity contribution in [3.05, 3.63) is 65.6 Å². The fourth-order valence-corrected chi connectivity index (χ4v) is 4.90. The van der Waals surface area contributed by atoms with Crippen molar-refractivity contribution in [2.45, 2.75) is 11.3 Å². The fourth-order valence-electron chi connectivity index (χ4n) is 3.78. The summed E-state index contributed by atoms with van der Waals surface area (Å²) in [5.41, 5.74) is 1.30. The molecule has 3 aromatic rings. The Bertz CT molecular complexity index is 1160. The van der Waals surface area contributed by atoms with Crippen LogP contribution in [0.2, 0.25) is 5.02 Å². The predicted octanol–water partition coefficient (Wildman–Crippen LogP) is 4.29. The Morgan fingerprint density at radius 1 is 1.09 bits per heavy atom. The lowest BCUT2D eigenvalue weighted by molar-refractivity contribution is -0.128. The second-order valence-electron chi connectivity index (χ2n) is 7.80. The van der Waals surface area contributed by atoms with Crippen molar-refractivity contribution in [2.75, 3.05) is 43.8 Å². The lowest BCUT2D eigenvalue weighted by atomic mass is 10.2. The van der Waals surface area contributed by atoms with E-state index in [1.165, 1.54) is 23.9 Å². The molecule has 1 aliphatic heterocycles. The number of hydrogen-bond acceptors (Lipinski definition) is 5. The first-order valence-corrected chi connectivity index (χ1v) is 12.1. The van der Waals surface area contributed by atoms with Crippen molar-refractivity contribution in [3.8, 4) is 0 Å². The Morgan fingerprint density at radius 3 is 2.79 bits per heavy atom. The largest absolute Gasteiger partial charge is 0.341 e. The van der Waals surface area contributed by atoms with Crippen LogP contribution in [0, 0.1) is 5.82 Å². The smallest absolute Gasteiger partial charge is 0.238 e. The molecule has 2 aromatic carbocycles. The maximum absolute atomic E-state index is 13.7. The zero-order valence-electron chi connectivity index (χ0n) is 18.0. The summed E-state index contributed by atoms with van der Waals surface area (Å²) in [6.45, 7) is 2.81. The van der Waals surface area contributed by atoms with Gasteiger partial charge >= 0.3 is 0 Å². The molecule has 1 fully saturated rings. The van der Waals surface area contributed by atoms with Crippen LogP contribution in [0.5, 0.6) is 0 Å². The van der Waals surface area contributed by atoms with Gasteiger partial charge in [-0.3, -0.25) is 19.5 Å². The molecule has 9 heteroatoms.